The van der Waals surface area contributed by atoms with Gasteiger partial charge in [-0.25, -0.2) is 4.79 Å². The standard InChI is InChI=1S/C9H9Cl2NO2/c10-4-5-12(9(13)14)8-3-1-2-7(11)6-8/h1-3,6H,4-5H2,(H,13,14). The summed E-state index contributed by atoms with van der Waals surface area (Å²) in [5.74, 6) is 0.249. The van der Waals surface area contributed by atoms with E-state index in [2.05, 4.69) is 0 Å². The van der Waals surface area contributed by atoms with Crippen LogP contribution in [0.2, 0.25) is 5.02 Å². The summed E-state index contributed by atoms with van der Waals surface area (Å²) in [7, 11) is 0. The minimum absolute atomic E-state index is 0.247. The summed E-state index contributed by atoms with van der Waals surface area (Å²) in [5, 5.41) is 9.38. The highest BCUT2D eigenvalue weighted by molar-refractivity contribution is 6.30. The third-order valence-corrected chi connectivity index (χ3v) is 2.06. The molecule has 0 aromatic heterocycles. The second-order valence-corrected chi connectivity index (χ2v) is 3.42. The van der Waals surface area contributed by atoms with Crippen molar-refractivity contribution >= 4 is 35.0 Å². The van der Waals surface area contributed by atoms with E-state index in [4.69, 9.17) is 28.3 Å². The van der Waals surface area contributed by atoms with Crippen LogP contribution in [0.25, 0.3) is 0 Å². The van der Waals surface area contributed by atoms with E-state index in [9.17, 15) is 4.79 Å². The van der Waals surface area contributed by atoms with Crippen molar-refractivity contribution in [1.82, 2.24) is 0 Å². The quantitative estimate of drug-likeness (QED) is 0.816. The number of hydrogen-bond donors (Lipinski definition) is 1. The largest absolute Gasteiger partial charge is 0.465 e. The predicted octanol–water partition coefficient (Wildman–Crippen LogP) is 3.06. The Balaban J connectivity index is 2.93. The maximum absolute atomic E-state index is 10.8. The van der Waals surface area contributed by atoms with Crippen LogP contribution in [0, 0.1) is 0 Å². The Morgan fingerprint density at radius 2 is 2.21 bits per heavy atom. The maximum atomic E-state index is 10.8. The molecule has 0 aliphatic carbocycles. The van der Waals surface area contributed by atoms with Crippen molar-refractivity contribution in [1.29, 1.82) is 0 Å². The lowest BCUT2D eigenvalue weighted by molar-refractivity contribution is 0.202. The summed E-state index contributed by atoms with van der Waals surface area (Å²) in [6.07, 6.45) is -1.03. The van der Waals surface area contributed by atoms with E-state index in [1.54, 1.807) is 24.3 Å². The van der Waals surface area contributed by atoms with Crippen LogP contribution in [0.5, 0.6) is 0 Å². The first kappa shape index (κ1) is 11.1. The van der Waals surface area contributed by atoms with E-state index >= 15 is 0 Å². The molecule has 1 N–H and O–H groups in total. The summed E-state index contributed by atoms with van der Waals surface area (Å²) in [6, 6.07) is 6.64. The van der Waals surface area contributed by atoms with Crippen LogP contribution < -0.4 is 4.90 Å². The highest BCUT2D eigenvalue weighted by Gasteiger charge is 2.13. The van der Waals surface area contributed by atoms with Gasteiger partial charge < -0.3 is 5.11 Å². The van der Waals surface area contributed by atoms with Crippen LogP contribution >= 0.6 is 23.2 Å². The zero-order valence-corrected chi connectivity index (χ0v) is 8.79. The molecule has 14 heavy (non-hydrogen) atoms. The van der Waals surface area contributed by atoms with E-state index in [1.807, 2.05) is 0 Å². The van der Waals surface area contributed by atoms with Crippen LogP contribution in [0.3, 0.4) is 0 Å². The summed E-state index contributed by atoms with van der Waals surface area (Å²) in [4.78, 5) is 12.0. The van der Waals surface area contributed by atoms with Crippen molar-refractivity contribution in [3.63, 3.8) is 0 Å². The van der Waals surface area contributed by atoms with Crippen molar-refractivity contribution in [2.45, 2.75) is 0 Å². The molecule has 0 heterocycles. The first-order chi connectivity index (χ1) is 6.65. The van der Waals surface area contributed by atoms with Crippen LogP contribution in [0.1, 0.15) is 0 Å². The number of halogens is 2. The number of hydrogen-bond acceptors (Lipinski definition) is 1. The SMILES string of the molecule is O=C(O)N(CCCl)c1cccc(Cl)c1. The molecule has 3 nitrogen and oxygen atoms in total. The second-order valence-electron chi connectivity index (χ2n) is 2.60. The first-order valence-electron chi connectivity index (χ1n) is 3.97. The van der Waals surface area contributed by atoms with Gasteiger partial charge in [-0.3, -0.25) is 4.90 Å². The number of amides is 1. The third-order valence-electron chi connectivity index (χ3n) is 1.66. The Bertz CT molecular complexity index is 330. The van der Waals surface area contributed by atoms with Crippen molar-refractivity contribution in [3.05, 3.63) is 29.3 Å². The topological polar surface area (TPSA) is 40.5 Å². The Labute approximate surface area is 91.8 Å². The van der Waals surface area contributed by atoms with Crippen LogP contribution in [-0.4, -0.2) is 23.6 Å². The average molecular weight is 234 g/mol. The number of carbonyl (C=O) groups is 1. The highest BCUT2D eigenvalue weighted by Crippen LogP contribution is 2.19. The predicted molar refractivity (Wildman–Crippen MR) is 57.5 cm³/mol. The highest BCUT2D eigenvalue weighted by atomic mass is 35.5. The van der Waals surface area contributed by atoms with Gasteiger partial charge >= 0.3 is 6.09 Å². The molecule has 0 aliphatic heterocycles. The van der Waals surface area contributed by atoms with Gasteiger partial charge in [-0.1, -0.05) is 17.7 Å². The molecule has 1 rings (SSSR count). The van der Waals surface area contributed by atoms with Crippen molar-refractivity contribution in [2.24, 2.45) is 0 Å². The molecule has 0 spiro atoms. The fourth-order valence-electron chi connectivity index (χ4n) is 1.06. The van der Waals surface area contributed by atoms with Gasteiger partial charge in [0, 0.05) is 23.1 Å². The fraction of sp³-hybridized carbons (Fsp3) is 0.222. The molecule has 1 amide bonds. The second kappa shape index (κ2) is 5.08. The van der Waals surface area contributed by atoms with Gasteiger partial charge in [-0.05, 0) is 18.2 Å². The fourth-order valence-corrected chi connectivity index (χ4v) is 1.42. The summed E-state index contributed by atoms with van der Waals surface area (Å²) in [6.45, 7) is 0.247. The van der Waals surface area contributed by atoms with Gasteiger partial charge in [0.25, 0.3) is 0 Å². The molecule has 0 atom stereocenters. The Kier molecular flexibility index (Phi) is 4.04. The summed E-state index contributed by atoms with van der Waals surface area (Å²) in [5.41, 5.74) is 0.533. The van der Waals surface area contributed by atoms with Crippen molar-refractivity contribution in [3.8, 4) is 0 Å². The molecule has 0 saturated heterocycles. The van der Waals surface area contributed by atoms with E-state index in [1.165, 1.54) is 0 Å². The molecule has 5 heteroatoms. The lowest BCUT2D eigenvalue weighted by atomic mass is 10.3. The molecule has 0 aliphatic rings. The number of carboxylic acid groups (broad SMARTS) is 1. The molecule has 1 aromatic rings. The Hall–Kier alpha value is -0.930. The van der Waals surface area contributed by atoms with E-state index in [0.717, 1.165) is 4.90 Å². The monoisotopic (exact) mass is 233 g/mol. The molecule has 0 unspecified atom stereocenters. The molecule has 0 fully saturated rings. The zero-order valence-electron chi connectivity index (χ0n) is 7.28. The van der Waals surface area contributed by atoms with Gasteiger partial charge in [-0.15, -0.1) is 11.6 Å². The van der Waals surface area contributed by atoms with Crippen molar-refractivity contribution < 1.29 is 9.90 Å². The molecule has 76 valence electrons. The minimum atomic E-state index is -1.03. The van der Waals surface area contributed by atoms with Crippen LogP contribution in [0.4, 0.5) is 10.5 Å². The van der Waals surface area contributed by atoms with Crippen molar-refractivity contribution in [2.75, 3.05) is 17.3 Å². The van der Waals surface area contributed by atoms with E-state index in [0.29, 0.717) is 10.7 Å². The Morgan fingerprint density at radius 1 is 1.50 bits per heavy atom. The smallest absolute Gasteiger partial charge is 0.411 e. The van der Waals surface area contributed by atoms with Gasteiger partial charge in [-0.2, -0.15) is 0 Å². The van der Waals surface area contributed by atoms with Crippen LogP contribution in [0.15, 0.2) is 24.3 Å². The van der Waals surface area contributed by atoms with Gasteiger partial charge in [0.1, 0.15) is 0 Å². The summed E-state index contributed by atoms with van der Waals surface area (Å²) < 4.78 is 0. The molecule has 0 radical (unpaired) electrons. The van der Waals surface area contributed by atoms with E-state index < -0.39 is 6.09 Å². The zero-order chi connectivity index (χ0) is 10.6. The lowest BCUT2D eigenvalue weighted by Crippen LogP contribution is -2.30. The number of rotatable bonds is 3. The molecular weight excluding hydrogens is 225 g/mol. The normalized spacial score (nSPS) is 9.86. The Morgan fingerprint density at radius 3 is 2.71 bits per heavy atom. The van der Waals surface area contributed by atoms with E-state index in [-0.39, 0.29) is 12.4 Å². The number of alkyl halides is 1. The van der Waals surface area contributed by atoms with Gasteiger partial charge in [0.05, 0.1) is 0 Å². The number of nitrogens with zero attached hydrogens (tertiary/aromatic N) is 1. The number of anilines is 1. The molecular formula is C9H9Cl2NO2. The lowest BCUT2D eigenvalue weighted by Gasteiger charge is -2.17. The van der Waals surface area contributed by atoms with Crippen LogP contribution in [-0.2, 0) is 0 Å². The maximum Gasteiger partial charge on any atom is 0.411 e. The third kappa shape index (κ3) is 2.79. The molecule has 1 aromatic carbocycles. The van der Waals surface area contributed by atoms with Gasteiger partial charge in [0.15, 0.2) is 0 Å². The first-order valence-corrected chi connectivity index (χ1v) is 4.88. The molecule has 0 bridgehead atoms. The summed E-state index contributed by atoms with van der Waals surface area (Å²) >= 11 is 11.2. The number of benzene rings is 1. The minimum Gasteiger partial charge on any atom is -0.465 e. The molecule has 0 saturated carbocycles. The average Bonchev–Trinajstić information content (AvgIpc) is 2.13. The van der Waals surface area contributed by atoms with Gasteiger partial charge in [0.2, 0.25) is 0 Å².